The summed E-state index contributed by atoms with van der Waals surface area (Å²) in [5, 5.41) is 0.805. The van der Waals surface area contributed by atoms with E-state index in [2.05, 4.69) is 25.8 Å². The fraction of sp³-hybridized carbons (Fsp3) is 0.423. The molecule has 1 aliphatic heterocycles. The normalized spacial score (nSPS) is 16.9. The maximum absolute atomic E-state index is 13.7. The SMILES string of the molecule is COc1ccc2cc(CN(CC3CCCO3)S(=O)(=O)c3ccc(C(C)(C)C)cc3)c(=O)[nH]c2c1. The van der Waals surface area contributed by atoms with Crippen molar-refractivity contribution in [1.82, 2.24) is 9.29 Å². The van der Waals surface area contributed by atoms with Gasteiger partial charge in [-0.1, -0.05) is 32.9 Å². The zero-order valence-corrected chi connectivity index (χ0v) is 20.9. The summed E-state index contributed by atoms with van der Waals surface area (Å²) in [5.41, 5.74) is 1.67. The van der Waals surface area contributed by atoms with Gasteiger partial charge in [-0.05, 0) is 59.5 Å². The van der Waals surface area contributed by atoms with E-state index in [0.717, 1.165) is 23.8 Å². The molecule has 182 valence electrons. The molecule has 3 aromatic rings. The molecule has 1 unspecified atom stereocenters. The molecular formula is C26H32N2O5S. The third-order valence-corrected chi connectivity index (χ3v) is 8.09. The van der Waals surface area contributed by atoms with E-state index in [1.165, 1.54) is 4.31 Å². The van der Waals surface area contributed by atoms with Gasteiger partial charge in [-0.15, -0.1) is 0 Å². The molecular weight excluding hydrogens is 452 g/mol. The Labute approximate surface area is 200 Å². The molecule has 34 heavy (non-hydrogen) atoms. The van der Waals surface area contributed by atoms with Crippen LogP contribution < -0.4 is 10.3 Å². The van der Waals surface area contributed by atoms with E-state index in [-0.39, 0.29) is 35.1 Å². The number of ether oxygens (including phenoxy) is 2. The van der Waals surface area contributed by atoms with Crippen LogP contribution in [-0.4, -0.2) is 44.1 Å². The highest BCUT2D eigenvalue weighted by Gasteiger charge is 2.30. The number of H-pyrrole nitrogens is 1. The highest BCUT2D eigenvalue weighted by molar-refractivity contribution is 7.89. The molecule has 1 saturated heterocycles. The summed E-state index contributed by atoms with van der Waals surface area (Å²) in [7, 11) is -2.28. The van der Waals surface area contributed by atoms with Crippen molar-refractivity contribution in [2.45, 2.75) is 56.6 Å². The van der Waals surface area contributed by atoms with Crippen LogP contribution in [0.5, 0.6) is 5.75 Å². The summed E-state index contributed by atoms with van der Waals surface area (Å²) >= 11 is 0. The summed E-state index contributed by atoms with van der Waals surface area (Å²) in [5.74, 6) is 0.636. The highest BCUT2D eigenvalue weighted by atomic mass is 32.2. The molecule has 0 aliphatic carbocycles. The van der Waals surface area contributed by atoms with Gasteiger partial charge in [0.25, 0.3) is 5.56 Å². The van der Waals surface area contributed by atoms with E-state index in [1.54, 1.807) is 31.4 Å². The van der Waals surface area contributed by atoms with E-state index in [1.807, 2.05) is 24.3 Å². The third-order valence-electron chi connectivity index (χ3n) is 6.27. The van der Waals surface area contributed by atoms with Gasteiger partial charge in [-0.2, -0.15) is 4.31 Å². The lowest BCUT2D eigenvalue weighted by atomic mass is 9.87. The standard InChI is InChI=1S/C26H32N2O5S/c1-26(2,3)20-8-11-23(12-9-20)34(30,31)28(17-22-6-5-13-33-22)16-19-14-18-7-10-21(32-4)15-24(18)27-25(19)29/h7-12,14-15,22H,5-6,13,16-17H2,1-4H3,(H,27,29). The molecule has 7 nitrogen and oxygen atoms in total. The van der Waals surface area contributed by atoms with E-state index < -0.39 is 10.0 Å². The second kappa shape index (κ2) is 9.52. The lowest BCUT2D eigenvalue weighted by Gasteiger charge is -2.25. The number of fused-ring (bicyclic) bond motifs is 1. The minimum atomic E-state index is -3.85. The number of hydrogen-bond donors (Lipinski definition) is 1. The molecule has 2 heterocycles. The number of nitrogens with zero attached hydrogens (tertiary/aromatic N) is 1. The maximum atomic E-state index is 13.7. The molecule has 0 amide bonds. The van der Waals surface area contributed by atoms with Crippen LogP contribution in [-0.2, 0) is 26.7 Å². The molecule has 4 rings (SSSR count). The molecule has 1 aliphatic rings. The van der Waals surface area contributed by atoms with E-state index in [9.17, 15) is 13.2 Å². The minimum Gasteiger partial charge on any atom is -0.497 e. The van der Waals surface area contributed by atoms with Gasteiger partial charge in [0, 0.05) is 31.3 Å². The Kier molecular flexibility index (Phi) is 6.85. The Morgan fingerprint density at radius 1 is 1.12 bits per heavy atom. The lowest BCUT2D eigenvalue weighted by molar-refractivity contribution is 0.0925. The lowest BCUT2D eigenvalue weighted by Crippen LogP contribution is -2.38. The van der Waals surface area contributed by atoms with Crippen molar-refractivity contribution >= 4 is 20.9 Å². The average Bonchev–Trinajstić information content (AvgIpc) is 3.31. The van der Waals surface area contributed by atoms with Crippen LogP contribution in [0.3, 0.4) is 0 Å². The molecule has 1 atom stereocenters. The number of methoxy groups -OCH3 is 1. The van der Waals surface area contributed by atoms with Gasteiger partial charge in [-0.25, -0.2) is 8.42 Å². The number of hydrogen-bond acceptors (Lipinski definition) is 5. The number of sulfonamides is 1. The highest BCUT2D eigenvalue weighted by Crippen LogP contribution is 2.27. The number of aromatic amines is 1. The van der Waals surface area contributed by atoms with Crippen LogP contribution in [0.2, 0.25) is 0 Å². The van der Waals surface area contributed by atoms with Gasteiger partial charge >= 0.3 is 0 Å². The monoisotopic (exact) mass is 484 g/mol. The Bertz CT molecular complexity index is 1320. The first kappa shape index (κ1) is 24.4. The van der Waals surface area contributed by atoms with E-state index in [0.29, 0.717) is 23.4 Å². The average molecular weight is 485 g/mol. The first-order valence-electron chi connectivity index (χ1n) is 11.5. The Balaban J connectivity index is 1.70. The van der Waals surface area contributed by atoms with Crippen LogP contribution in [0.4, 0.5) is 0 Å². The van der Waals surface area contributed by atoms with Gasteiger partial charge in [0.2, 0.25) is 10.0 Å². The van der Waals surface area contributed by atoms with Crippen LogP contribution in [0.15, 0.2) is 58.2 Å². The van der Waals surface area contributed by atoms with E-state index >= 15 is 0 Å². The fourth-order valence-electron chi connectivity index (χ4n) is 4.20. The molecule has 1 N–H and O–H groups in total. The first-order valence-corrected chi connectivity index (χ1v) is 12.9. The third kappa shape index (κ3) is 5.19. The number of benzene rings is 2. The van der Waals surface area contributed by atoms with Crippen LogP contribution in [0.1, 0.15) is 44.7 Å². The number of nitrogens with one attached hydrogen (secondary N) is 1. The molecule has 0 radical (unpaired) electrons. The molecule has 8 heteroatoms. The predicted molar refractivity (Wildman–Crippen MR) is 133 cm³/mol. The molecule has 1 fully saturated rings. The molecule has 0 saturated carbocycles. The smallest absolute Gasteiger partial charge is 0.252 e. The summed E-state index contributed by atoms with van der Waals surface area (Å²) in [6.07, 6.45) is 1.51. The van der Waals surface area contributed by atoms with Crippen LogP contribution in [0, 0.1) is 0 Å². The molecule has 1 aromatic heterocycles. The first-order chi connectivity index (χ1) is 16.1. The number of rotatable bonds is 7. The van der Waals surface area contributed by atoms with Gasteiger partial charge < -0.3 is 14.5 Å². The summed E-state index contributed by atoms with van der Waals surface area (Å²) < 4.78 is 39.7. The molecule has 2 aromatic carbocycles. The summed E-state index contributed by atoms with van der Waals surface area (Å²) in [6, 6.07) is 14.2. The quantitative estimate of drug-likeness (QED) is 0.543. The fourth-order valence-corrected chi connectivity index (χ4v) is 5.65. The van der Waals surface area contributed by atoms with Crippen molar-refractivity contribution in [3.8, 4) is 5.75 Å². The van der Waals surface area contributed by atoms with Crippen molar-refractivity contribution in [2.24, 2.45) is 0 Å². The second-order valence-electron chi connectivity index (χ2n) is 9.78. The van der Waals surface area contributed by atoms with Crippen molar-refractivity contribution < 1.29 is 17.9 Å². The number of aromatic nitrogens is 1. The zero-order valence-electron chi connectivity index (χ0n) is 20.1. The Morgan fingerprint density at radius 3 is 2.47 bits per heavy atom. The van der Waals surface area contributed by atoms with Crippen LogP contribution >= 0.6 is 0 Å². The maximum Gasteiger partial charge on any atom is 0.252 e. The van der Waals surface area contributed by atoms with Gasteiger partial charge in [0.1, 0.15) is 5.75 Å². The largest absolute Gasteiger partial charge is 0.497 e. The van der Waals surface area contributed by atoms with Crippen LogP contribution in [0.25, 0.3) is 10.9 Å². The second-order valence-corrected chi connectivity index (χ2v) is 11.7. The topological polar surface area (TPSA) is 88.7 Å². The van der Waals surface area contributed by atoms with Gasteiger partial charge in [0.15, 0.2) is 0 Å². The van der Waals surface area contributed by atoms with Crippen molar-refractivity contribution in [2.75, 3.05) is 20.3 Å². The summed E-state index contributed by atoms with van der Waals surface area (Å²) in [4.78, 5) is 15.9. The van der Waals surface area contributed by atoms with Crippen molar-refractivity contribution in [3.05, 3.63) is 70.0 Å². The zero-order chi connectivity index (χ0) is 24.5. The van der Waals surface area contributed by atoms with Crippen molar-refractivity contribution in [1.29, 1.82) is 0 Å². The van der Waals surface area contributed by atoms with E-state index in [4.69, 9.17) is 9.47 Å². The summed E-state index contributed by atoms with van der Waals surface area (Å²) in [6.45, 7) is 7.03. The number of pyridine rings is 1. The van der Waals surface area contributed by atoms with Gasteiger partial charge in [0.05, 0.1) is 23.6 Å². The molecule has 0 bridgehead atoms. The molecule has 0 spiro atoms. The minimum absolute atomic E-state index is 0.0412. The van der Waals surface area contributed by atoms with Crippen molar-refractivity contribution in [3.63, 3.8) is 0 Å². The van der Waals surface area contributed by atoms with Gasteiger partial charge in [-0.3, -0.25) is 4.79 Å². The Morgan fingerprint density at radius 2 is 1.85 bits per heavy atom. The Hall–Kier alpha value is -2.68. The predicted octanol–water partition coefficient (Wildman–Crippen LogP) is 4.20.